The van der Waals surface area contributed by atoms with Crippen LogP contribution in [0.5, 0.6) is 0 Å². The van der Waals surface area contributed by atoms with Crippen molar-refractivity contribution < 1.29 is 4.79 Å². The normalized spacial score (nSPS) is 10.3. The zero-order valence-electron chi connectivity index (χ0n) is 10.9. The minimum atomic E-state index is -0.0835. The third-order valence-corrected chi connectivity index (χ3v) is 3.22. The molecule has 19 heavy (non-hydrogen) atoms. The fourth-order valence-electron chi connectivity index (χ4n) is 1.90. The Morgan fingerprint density at radius 1 is 1.21 bits per heavy atom. The summed E-state index contributed by atoms with van der Waals surface area (Å²) in [5, 5.41) is 0.626. The van der Waals surface area contributed by atoms with E-state index < -0.39 is 0 Å². The third kappa shape index (κ3) is 2.88. The molecule has 0 saturated carbocycles. The van der Waals surface area contributed by atoms with E-state index in [1.54, 1.807) is 42.3 Å². The second-order valence-electron chi connectivity index (χ2n) is 4.42. The molecule has 3 nitrogen and oxygen atoms in total. The molecule has 0 fully saturated rings. The van der Waals surface area contributed by atoms with Crippen LogP contribution < -0.4 is 10.6 Å². The Bertz CT molecular complexity index is 625. The summed E-state index contributed by atoms with van der Waals surface area (Å²) >= 11 is 5.90. The molecule has 1 amide bonds. The summed E-state index contributed by atoms with van der Waals surface area (Å²) in [5.74, 6) is -0.0835. The first-order valence-corrected chi connectivity index (χ1v) is 6.26. The van der Waals surface area contributed by atoms with Gasteiger partial charge in [-0.2, -0.15) is 0 Å². The van der Waals surface area contributed by atoms with Gasteiger partial charge in [0.25, 0.3) is 5.91 Å². The topological polar surface area (TPSA) is 46.3 Å². The van der Waals surface area contributed by atoms with Gasteiger partial charge in [0.05, 0.1) is 0 Å². The fourth-order valence-corrected chi connectivity index (χ4v) is 2.13. The molecular weight excluding hydrogens is 260 g/mol. The van der Waals surface area contributed by atoms with Gasteiger partial charge in [-0.3, -0.25) is 4.79 Å². The van der Waals surface area contributed by atoms with Crippen molar-refractivity contribution >= 4 is 28.9 Å². The SMILES string of the molecule is Cc1cc(Cl)ccc1C(=O)N(C)c1cccc(N)c1. The summed E-state index contributed by atoms with van der Waals surface area (Å²) in [6.07, 6.45) is 0. The molecule has 0 aliphatic rings. The highest BCUT2D eigenvalue weighted by Gasteiger charge is 2.15. The van der Waals surface area contributed by atoms with Gasteiger partial charge in [-0.05, 0) is 48.9 Å². The van der Waals surface area contributed by atoms with Crippen LogP contribution in [-0.2, 0) is 0 Å². The molecule has 0 radical (unpaired) electrons. The van der Waals surface area contributed by atoms with E-state index in [-0.39, 0.29) is 5.91 Å². The minimum Gasteiger partial charge on any atom is -0.399 e. The van der Waals surface area contributed by atoms with Gasteiger partial charge in [-0.25, -0.2) is 0 Å². The Labute approximate surface area is 117 Å². The molecule has 98 valence electrons. The lowest BCUT2D eigenvalue weighted by molar-refractivity contribution is 0.0992. The van der Waals surface area contributed by atoms with Gasteiger partial charge >= 0.3 is 0 Å². The highest BCUT2D eigenvalue weighted by atomic mass is 35.5. The monoisotopic (exact) mass is 274 g/mol. The van der Waals surface area contributed by atoms with Gasteiger partial charge in [0.2, 0.25) is 0 Å². The van der Waals surface area contributed by atoms with Crippen LogP contribution >= 0.6 is 11.6 Å². The average Bonchev–Trinajstić information content (AvgIpc) is 2.37. The van der Waals surface area contributed by atoms with E-state index in [1.807, 2.05) is 19.1 Å². The van der Waals surface area contributed by atoms with Crippen molar-refractivity contribution in [3.63, 3.8) is 0 Å². The Hall–Kier alpha value is -2.00. The summed E-state index contributed by atoms with van der Waals surface area (Å²) in [7, 11) is 1.73. The molecule has 4 heteroatoms. The molecule has 2 rings (SSSR count). The summed E-state index contributed by atoms with van der Waals surface area (Å²) < 4.78 is 0. The lowest BCUT2D eigenvalue weighted by Gasteiger charge is -2.19. The quantitative estimate of drug-likeness (QED) is 0.852. The number of aryl methyl sites for hydroxylation is 1. The molecule has 0 aliphatic heterocycles. The van der Waals surface area contributed by atoms with Gasteiger partial charge in [0.15, 0.2) is 0 Å². The standard InChI is InChI=1S/C15H15ClN2O/c1-10-8-11(16)6-7-14(10)15(19)18(2)13-5-3-4-12(17)9-13/h3-9H,17H2,1-2H3. The second kappa shape index (κ2) is 5.33. The van der Waals surface area contributed by atoms with Gasteiger partial charge < -0.3 is 10.6 Å². The van der Waals surface area contributed by atoms with Crippen molar-refractivity contribution in [2.24, 2.45) is 0 Å². The zero-order valence-corrected chi connectivity index (χ0v) is 11.6. The van der Waals surface area contributed by atoms with Crippen LogP contribution in [0.4, 0.5) is 11.4 Å². The Kier molecular flexibility index (Phi) is 3.76. The molecule has 0 heterocycles. The van der Waals surface area contributed by atoms with Crippen molar-refractivity contribution in [2.45, 2.75) is 6.92 Å². The molecule has 0 bridgehead atoms. The first-order valence-electron chi connectivity index (χ1n) is 5.89. The van der Waals surface area contributed by atoms with E-state index in [4.69, 9.17) is 17.3 Å². The summed E-state index contributed by atoms with van der Waals surface area (Å²) in [4.78, 5) is 14.0. The molecule has 0 aliphatic carbocycles. The highest BCUT2D eigenvalue weighted by molar-refractivity contribution is 6.30. The van der Waals surface area contributed by atoms with Crippen molar-refractivity contribution in [1.82, 2.24) is 0 Å². The molecule has 2 N–H and O–H groups in total. The Morgan fingerprint density at radius 2 is 1.95 bits per heavy atom. The molecule has 0 saturated heterocycles. The van der Waals surface area contributed by atoms with Crippen molar-refractivity contribution in [1.29, 1.82) is 0 Å². The largest absolute Gasteiger partial charge is 0.399 e. The van der Waals surface area contributed by atoms with Crippen LogP contribution in [0.3, 0.4) is 0 Å². The van der Waals surface area contributed by atoms with Gasteiger partial charge in [-0.1, -0.05) is 17.7 Å². The van der Waals surface area contributed by atoms with Crippen LogP contribution in [0.25, 0.3) is 0 Å². The third-order valence-electron chi connectivity index (χ3n) is 2.98. The lowest BCUT2D eigenvalue weighted by atomic mass is 10.1. The number of rotatable bonds is 2. The van der Waals surface area contributed by atoms with Crippen LogP contribution in [-0.4, -0.2) is 13.0 Å². The molecule has 0 spiro atoms. The fraction of sp³-hybridized carbons (Fsp3) is 0.133. The van der Waals surface area contributed by atoms with Gasteiger partial charge in [0, 0.05) is 29.0 Å². The van der Waals surface area contributed by atoms with E-state index in [0.717, 1.165) is 11.3 Å². The smallest absolute Gasteiger partial charge is 0.258 e. The van der Waals surface area contributed by atoms with Crippen molar-refractivity contribution in [3.8, 4) is 0 Å². The number of carbonyl (C=O) groups is 1. The average molecular weight is 275 g/mol. The first kappa shape index (κ1) is 13.4. The van der Waals surface area contributed by atoms with E-state index in [2.05, 4.69) is 0 Å². The number of amides is 1. The molecular formula is C15H15ClN2O. The number of anilines is 2. The second-order valence-corrected chi connectivity index (χ2v) is 4.85. The molecule has 2 aromatic carbocycles. The van der Waals surface area contributed by atoms with Crippen LogP contribution in [0.1, 0.15) is 15.9 Å². The number of hydrogen-bond acceptors (Lipinski definition) is 2. The first-order chi connectivity index (χ1) is 8.99. The molecule has 0 aromatic heterocycles. The molecule has 0 atom stereocenters. The van der Waals surface area contributed by atoms with Crippen LogP contribution in [0, 0.1) is 6.92 Å². The van der Waals surface area contributed by atoms with Gasteiger partial charge in [-0.15, -0.1) is 0 Å². The van der Waals surface area contributed by atoms with Crippen LogP contribution in [0.2, 0.25) is 5.02 Å². The molecule has 2 aromatic rings. The predicted molar refractivity (Wildman–Crippen MR) is 79.8 cm³/mol. The maximum atomic E-state index is 12.4. The summed E-state index contributed by atoms with van der Waals surface area (Å²) in [6, 6.07) is 12.5. The zero-order chi connectivity index (χ0) is 14.0. The molecule has 0 unspecified atom stereocenters. The minimum absolute atomic E-state index is 0.0835. The maximum absolute atomic E-state index is 12.4. The summed E-state index contributed by atoms with van der Waals surface area (Å²) in [5.41, 5.74) is 8.61. The number of hydrogen-bond donors (Lipinski definition) is 1. The van der Waals surface area contributed by atoms with E-state index >= 15 is 0 Å². The van der Waals surface area contributed by atoms with E-state index in [1.165, 1.54) is 0 Å². The van der Waals surface area contributed by atoms with E-state index in [9.17, 15) is 4.79 Å². The number of halogens is 1. The Balaban J connectivity index is 2.33. The lowest BCUT2D eigenvalue weighted by Crippen LogP contribution is -2.26. The predicted octanol–water partition coefficient (Wildman–Crippen LogP) is 3.51. The number of nitrogen functional groups attached to an aromatic ring is 1. The van der Waals surface area contributed by atoms with Crippen molar-refractivity contribution in [3.05, 3.63) is 58.6 Å². The highest BCUT2D eigenvalue weighted by Crippen LogP contribution is 2.21. The summed E-state index contributed by atoms with van der Waals surface area (Å²) in [6.45, 7) is 1.87. The number of carbonyl (C=O) groups excluding carboxylic acids is 1. The van der Waals surface area contributed by atoms with Gasteiger partial charge in [0.1, 0.15) is 0 Å². The van der Waals surface area contributed by atoms with Crippen molar-refractivity contribution in [2.75, 3.05) is 17.7 Å². The van der Waals surface area contributed by atoms with E-state index in [0.29, 0.717) is 16.3 Å². The maximum Gasteiger partial charge on any atom is 0.258 e. The number of benzene rings is 2. The number of nitrogens with two attached hydrogens (primary N) is 1. The number of nitrogens with zero attached hydrogens (tertiary/aromatic N) is 1. The Morgan fingerprint density at radius 3 is 2.58 bits per heavy atom. The van der Waals surface area contributed by atoms with Crippen LogP contribution in [0.15, 0.2) is 42.5 Å².